The summed E-state index contributed by atoms with van der Waals surface area (Å²) in [4.78, 5) is 11.9. The third-order valence-electron chi connectivity index (χ3n) is 3.21. The van der Waals surface area contributed by atoms with Gasteiger partial charge in [0.05, 0.1) is 12.3 Å². The van der Waals surface area contributed by atoms with E-state index in [4.69, 9.17) is 4.74 Å². The lowest BCUT2D eigenvalue weighted by Crippen LogP contribution is -2.18. The largest absolute Gasteiger partial charge is 0.465 e. The molecule has 0 spiro atoms. The van der Waals surface area contributed by atoms with Crippen LogP contribution in [0.5, 0.6) is 0 Å². The zero-order valence-corrected chi connectivity index (χ0v) is 14.2. The monoisotopic (exact) mass is 319 g/mol. The maximum absolute atomic E-state index is 11.9. The molecule has 0 bridgehead atoms. The number of benzene rings is 1. The number of nitrogens with zero attached hydrogens (tertiary/aromatic N) is 3. The Morgan fingerprint density at radius 3 is 2.73 bits per heavy atom. The second kappa shape index (κ2) is 7.45. The van der Waals surface area contributed by atoms with Gasteiger partial charge in [-0.2, -0.15) is 0 Å². The van der Waals surface area contributed by atoms with Crippen LogP contribution in [-0.2, 0) is 9.53 Å². The lowest BCUT2D eigenvalue weighted by atomic mass is 10.2. The zero-order valence-electron chi connectivity index (χ0n) is 13.4. The Hall–Kier alpha value is -1.82. The highest BCUT2D eigenvalue weighted by Gasteiger charge is 2.21. The molecule has 5 nitrogen and oxygen atoms in total. The SMILES string of the molecule is CCCOC(=O)C(C)Sc1nnc(C)n1-c1ccccc1C. The second-order valence-electron chi connectivity index (χ2n) is 5.08. The van der Waals surface area contributed by atoms with Crippen molar-refractivity contribution in [1.82, 2.24) is 14.8 Å². The van der Waals surface area contributed by atoms with Gasteiger partial charge in [-0.15, -0.1) is 10.2 Å². The molecule has 0 saturated heterocycles. The van der Waals surface area contributed by atoms with Crippen LogP contribution < -0.4 is 0 Å². The van der Waals surface area contributed by atoms with Crippen LogP contribution in [0.4, 0.5) is 0 Å². The first-order valence-electron chi connectivity index (χ1n) is 7.36. The molecule has 1 aromatic carbocycles. The van der Waals surface area contributed by atoms with Gasteiger partial charge >= 0.3 is 5.97 Å². The maximum atomic E-state index is 11.9. The first-order chi connectivity index (χ1) is 10.5. The van der Waals surface area contributed by atoms with E-state index < -0.39 is 0 Å². The minimum absolute atomic E-state index is 0.219. The number of esters is 1. The van der Waals surface area contributed by atoms with Crippen LogP contribution in [0.15, 0.2) is 29.4 Å². The van der Waals surface area contributed by atoms with Gasteiger partial charge in [0.15, 0.2) is 5.16 Å². The van der Waals surface area contributed by atoms with Gasteiger partial charge in [-0.05, 0) is 38.8 Å². The molecule has 0 N–H and O–H groups in total. The van der Waals surface area contributed by atoms with Crippen LogP contribution in [0, 0.1) is 13.8 Å². The van der Waals surface area contributed by atoms with Gasteiger partial charge in [-0.1, -0.05) is 36.9 Å². The predicted molar refractivity (Wildman–Crippen MR) is 87.4 cm³/mol. The highest BCUT2D eigenvalue weighted by Crippen LogP contribution is 2.27. The van der Waals surface area contributed by atoms with Gasteiger partial charge in [0.25, 0.3) is 0 Å². The van der Waals surface area contributed by atoms with E-state index in [9.17, 15) is 4.79 Å². The number of hydrogen-bond donors (Lipinski definition) is 0. The fourth-order valence-corrected chi connectivity index (χ4v) is 2.94. The van der Waals surface area contributed by atoms with E-state index in [0.717, 1.165) is 23.5 Å². The Labute approximate surface area is 135 Å². The van der Waals surface area contributed by atoms with E-state index in [1.807, 2.05) is 56.5 Å². The molecule has 22 heavy (non-hydrogen) atoms. The third-order valence-corrected chi connectivity index (χ3v) is 4.24. The van der Waals surface area contributed by atoms with E-state index in [-0.39, 0.29) is 11.2 Å². The number of hydrogen-bond acceptors (Lipinski definition) is 5. The quantitative estimate of drug-likeness (QED) is 0.604. The minimum Gasteiger partial charge on any atom is -0.465 e. The standard InChI is InChI=1S/C16H21N3O2S/c1-5-10-21-15(20)12(3)22-16-18-17-13(4)19(16)14-9-7-6-8-11(14)2/h6-9,12H,5,10H2,1-4H3. The van der Waals surface area contributed by atoms with Crippen molar-refractivity contribution in [2.75, 3.05) is 6.61 Å². The van der Waals surface area contributed by atoms with Gasteiger partial charge in [0.2, 0.25) is 0 Å². The molecule has 1 atom stereocenters. The van der Waals surface area contributed by atoms with Gasteiger partial charge in [-0.25, -0.2) is 0 Å². The minimum atomic E-state index is -0.321. The first kappa shape index (κ1) is 16.5. The van der Waals surface area contributed by atoms with Gasteiger partial charge in [0, 0.05) is 0 Å². The van der Waals surface area contributed by atoms with Gasteiger partial charge in [0.1, 0.15) is 11.1 Å². The molecule has 1 heterocycles. The van der Waals surface area contributed by atoms with E-state index in [2.05, 4.69) is 10.2 Å². The number of rotatable bonds is 6. The molecule has 0 amide bonds. The van der Waals surface area contributed by atoms with Crippen LogP contribution >= 0.6 is 11.8 Å². The van der Waals surface area contributed by atoms with Crippen molar-refractivity contribution in [3.8, 4) is 5.69 Å². The summed E-state index contributed by atoms with van der Waals surface area (Å²) in [7, 11) is 0. The number of para-hydroxylation sites is 1. The van der Waals surface area contributed by atoms with Crippen molar-refractivity contribution in [3.05, 3.63) is 35.7 Å². The average molecular weight is 319 g/mol. The summed E-state index contributed by atoms with van der Waals surface area (Å²) < 4.78 is 7.16. The van der Waals surface area contributed by atoms with Crippen LogP contribution in [0.1, 0.15) is 31.7 Å². The van der Waals surface area contributed by atoms with Crippen molar-refractivity contribution in [2.24, 2.45) is 0 Å². The number of aromatic nitrogens is 3. The smallest absolute Gasteiger partial charge is 0.319 e. The molecule has 0 aliphatic heterocycles. The molecule has 0 radical (unpaired) electrons. The Bertz CT molecular complexity index is 655. The van der Waals surface area contributed by atoms with E-state index in [1.54, 1.807) is 0 Å². The summed E-state index contributed by atoms with van der Waals surface area (Å²) in [5, 5.41) is 8.73. The molecule has 0 aliphatic carbocycles. The molecule has 2 rings (SSSR count). The molecular formula is C16H21N3O2S. The Kier molecular flexibility index (Phi) is 5.60. The summed E-state index contributed by atoms with van der Waals surface area (Å²) in [6.07, 6.45) is 0.821. The Balaban J connectivity index is 2.23. The van der Waals surface area contributed by atoms with Crippen molar-refractivity contribution >= 4 is 17.7 Å². The molecule has 118 valence electrons. The first-order valence-corrected chi connectivity index (χ1v) is 8.23. The average Bonchev–Trinajstić information content (AvgIpc) is 2.86. The van der Waals surface area contributed by atoms with E-state index >= 15 is 0 Å². The van der Waals surface area contributed by atoms with Gasteiger partial charge < -0.3 is 4.74 Å². The molecule has 0 saturated carbocycles. The summed E-state index contributed by atoms with van der Waals surface area (Å²) >= 11 is 1.37. The number of thioether (sulfide) groups is 1. The fraction of sp³-hybridized carbons (Fsp3) is 0.438. The van der Waals surface area contributed by atoms with Crippen LogP contribution in [0.25, 0.3) is 5.69 Å². The molecular weight excluding hydrogens is 298 g/mol. The number of carbonyl (C=O) groups is 1. The number of carbonyl (C=O) groups excluding carboxylic acids is 1. The summed E-state index contributed by atoms with van der Waals surface area (Å²) in [6, 6.07) is 8.04. The molecule has 1 unspecified atom stereocenters. The normalized spacial score (nSPS) is 12.2. The third kappa shape index (κ3) is 3.68. The Morgan fingerprint density at radius 2 is 2.05 bits per heavy atom. The zero-order chi connectivity index (χ0) is 16.1. The molecule has 2 aromatic rings. The highest BCUT2D eigenvalue weighted by atomic mass is 32.2. The highest BCUT2D eigenvalue weighted by molar-refractivity contribution is 8.00. The van der Waals surface area contributed by atoms with E-state index in [0.29, 0.717) is 11.8 Å². The topological polar surface area (TPSA) is 57.0 Å². The van der Waals surface area contributed by atoms with Crippen molar-refractivity contribution in [3.63, 3.8) is 0 Å². The summed E-state index contributed by atoms with van der Waals surface area (Å²) in [5.41, 5.74) is 2.16. The van der Waals surface area contributed by atoms with Crippen LogP contribution in [0.3, 0.4) is 0 Å². The van der Waals surface area contributed by atoms with Crippen molar-refractivity contribution in [2.45, 2.75) is 44.5 Å². The van der Waals surface area contributed by atoms with Crippen molar-refractivity contribution < 1.29 is 9.53 Å². The lowest BCUT2D eigenvalue weighted by molar-refractivity contribution is -0.142. The second-order valence-corrected chi connectivity index (χ2v) is 6.39. The lowest BCUT2D eigenvalue weighted by Gasteiger charge is -2.13. The predicted octanol–water partition coefficient (Wildman–Crippen LogP) is 3.32. The fourth-order valence-electron chi connectivity index (χ4n) is 2.04. The van der Waals surface area contributed by atoms with Crippen LogP contribution in [0.2, 0.25) is 0 Å². The van der Waals surface area contributed by atoms with Crippen molar-refractivity contribution in [1.29, 1.82) is 0 Å². The maximum Gasteiger partial charge on any atom is 0.319 e. The summed E-state index contributed by atoms with van der Waals surface area (Å²) in [6.45, 7) is 8.21. The van der Waals surface area contributed by atoms with Gasteiger partial charge in [-0.3, -0.25) is 9.36 Å². The van der Waals surface area contributed by atoms with Crippen LogP contribution in [-0.4, -0.2) is 32.6 Å². The number of ether oxygens (including phenoxy) is 1. The molecule has 0 aliphatic rings. The van der Waals surface area contributed by atoms with E-state index in [1.165, 1.54) is 11.8 Å². The molecule has 0 fully saturated rings. The summed E-state index contributed by atoms with van der Waals surface area (Å²) in [5.74, 6) is 0.578. The molecule has 6 heteroatoms. The Morgan fingerprint density at radius 1 is 1.32 bits per heavy atom. The molecule has 1 aromatic heterocycles. The number of aryl methyl sites for hydroxylation is 2.